The van der Waals surface area contributed by atoms with Gasteiger partial charge in [-0.3, -0.25) is 0 Å². The molecule has 0 bridgehead atoms. The van der Waals surface area contributed by atoms with Crippen LogP contribution in [0.1, 0.15) is 25.0 Å². The highest BCUT2D eigenvalue weighted by molar-refractivity contribution is 6.28. The summed E-state index contributed by atoms with van der Waals surface area (Å²) in [4.78, 5) is 11.7. The van der Waals surface area contributed by atoms with Crippen LogP contribution >= 0.6 is 11.6 Å². The molecule has 1 saturated carbocycles. The van der Waals surface area contributed by atoms with Crippen molar-refractivity contribution in [1.29, 1.82) is 0 Å². The minimum Gasteiger partial charge on any atom is -0.384 e. The van der Waals surface area contributed by atoms with Crippen molar-refractivity contribution in [1.82, 2.24) is 15.0 Å². The topological polar surface area (TPSA) is 58.9 Å². The number of aromatic nitrogens is 3. The Balaban J connectivity index is 2.06. The quantitative estimate of drug-likeness (QED) is 0.859. The molecular weight excluding hydrogens is 269 g/mol. The average molecular weight is 280 g/mol. The SMILES string of the molecule is OC1(c2cccc(-c3nc(Cl)ncc3F)n2)CCC1. The predicted octanol–water partition coefficient (Wildman–Crippen LogP) is 2.70. The first-order valence-corrected chi connectivity index (χ1v) is 6.35. The van der Waals surface area contributed by atoms with Gasteiger partial charge in [-0.05, 0) is 43.0 Å². The Morgan fingerprint density at radius 2 is 2.05 bits per heavy atom. The van der Waals surface area contributed by atoms with E-state index in [0.29, 0.717) is 24.2 Å². The molecule has 0 radical (unpaired) electrons. The molecule has 1 aliphatic carbocycles. The third-order valence-electron chi connectivity index (χ3n) is 3.36. The summed E-state index contributed by atoms with van der Waals surface area (Å²) in [5.41, 5.74) is 0.0540. The van der Waals surface area contributed by atoms with Gasteiger partial charge in [0.05, 0.1) is 17.6 Å². The van der Waals surface area contributed by atoms with Crippen LogP contribution in [-0.4, -0.2) is 20.1 Å². The Morgan fingerprint density at radius 1 is 1.26 bits per heavy atom. The molecule has 0 unspecified atom stereocenters. The largest absolute Gasteiger partial charge is 0.384 e. The zero-order chi connectivity index (χ0) is 13.5. The zero-order valence-electron chi connectivity index (χ0n) is 9.98. The van der Waals surface area contributed by atoms with Gasteiger partial charge in [0.2, 0.25) is 5.28 Å². The highest BCUT2D eigenvalue weighted by Crippen LogP contribution is 2.40. The summed E-state index contributed by atoms with van der Waals surface area (Å²) in [5.74, 6) is -0.588. The summed E-state index contributed by atoms with van der Waals surface area (Å²) in [6.45, 7) is 0. The maximum atomic E-state index is 13.7. The Hall–Kier alpha value is -1.59. The van der Waals surface area contributed by atoms with E-state index in [9.17, 15) is 9.50 Å². The summed E-state index contributed by atoms with van der Waals surface area (Å²) in [6, 6.07) is 5.10. The maximum Gasteiger partial charge on any atom is 0.223 e. The second-order valence-electron chi connectivity index (χ2n) is 4.63. The molecule has 6 heteroatoms. The van der Waals surface area contributed by atoms with Gasteiger partial charge in [0.15, 0.2) is 5.82 Å². The van der Waals surface area contributed by atoms with E-state index in [1.54, 1.807) is 18.2 Å². The molecule has 2 aromatic heterocycles. The van der Waals surface area contributed by atoms with Crippen molar-refractivity contribution in [2.45, 2.75) is 24.9 Å². The van der Waals surface area contributed by atoms with Crippen LogP contribution in [0, 0.1) is 5.82 Å². The van der Waals surface area contributed by atoms with E-state index in [0.717, 1.165) is 12.6 Å². The van der Waals surface area contributed by atoms with E-state index in [1.807, 2.05) is 0 Å². The van der Waals surface area contributed by atoms with Crippen molar-refractivity contribution in [2.75, 3.05) is 0 Å². The Morgan fingerprint density at radius 3 is 2.74 bits per heavy atom. The number of nitrogens with zero attached hydrogens (tertiary/aromatic N) is 3. The summed E-state index contributed by atoms with van der Waals surface area (Å²) in [6.07, 6.45) is 3.33. The number of aliphatic hydroxyl groups is 1. The number of pyridine rings is 1. The summed E-state index contributed by atoms with van der Waals surface area (Å²) in [5, 5.41) is 10.2. The smallest absolute Gasteiger partial charge is 0.223 e. The molecular formula is C13H11ClFN3O. The molecule has 4 nitrogen and oxygen atoms in total. The molecule has 2 heterocycles. The lowest BCUT2D eigenvalue weighted by Crippen LogP contribution is -2.34. The molecule has 0 aromatic carbocycles. The molecule has 0 spiro atoms. The van der Waals surface area contributed by atoms with Gasteiger partial charge < -0.3 is 5.11 Å². The Kier molecular flexibility index (Phi) is 2.95. The van der Waals surface area contributed by atoms with Crippen LogP contribution in [0.4, 0.5) is 4.39 Å². The normalized spacial score (nSPS) is 17.0. The van der Waals surface area contributed by atoms with E-state index in [4.69, 9.17) is 11.6 Å². The van der Waals surface area contributed by atoms with Gasteiger partial charge in [-0.15, -0.1) is 0 Å². The van der Waals surface area contributed by atoms with Gasteiger partial charge in [0.1, 0.15) is 11.3 Å². The zero-order valence-corrected chi connectivity index (χ0v) is 10.7. The monoisotopic (exact) mass is 279 g/mol. The van der Waals surface area contributed by atoms with Crippen molar-refractivity contribution in [3.8, 4) is 11.4 Å². The molecule has 0 saturated heterocycles. The lowest BCUT2D eigenvalue weighted by molar-refractivity contribution is -0.0425. The van der Waals surface area contributed by atoms with Gasteiger partial charge in [0.25, 0.3) is 0 Å². The van der Waals surface area contributed by atoms with Crippen molar-refractivity contribution in [2.24, 2.45) is 0 Å². The fourth-order valence-electron chi connectivity index (χ4n) is 2.12. The standard InChI is InChI=1S/C13H11ClFN3O/c14-12-16-7-8(15)11(18-12)9-3-1-4-10(17-9)13(19)5-2-6-13/h1,3-4,7,19H,2,5-6H2. The van der Waals surface area contributed by atoms with Crippen LogP contribution in [0.5, 0.6) is 0 Å². The van der Waals surface area contributed by atoms with Gasteiger partial charge in [-0.2, -0.15) is 0 Å². The third kappa shape index (κ3) is 2.19. The van der Waals surface area contributed by atoms with Crippen molar-refractivity contribution in [3.05, 3.63) is 41.2 Å². The fourth-order valence-corrected chi connectivity index (χ4v) is 2.25. The maximum absolute atomic E-state index is 13.7. The lowest BCUT2D eigenvalue weighted by atomic mass is 9.77. The number of hydrogen-bond donors (Lipinski definition) is 1. The van der Waals surface area contributed by atoms with Crippen LogP contribution in [0.2, 0.25) is 5.28 Å². The number of rotatable bonds is 2. The Labute approximate surface area is 114 Å². The predicted molar refractivity (Wildman–Crippen MR) is 68.0 cm³/mol. The second-order valence-corrected chi connectivity index (χ2v) is 4.97. The molecule has 2 aromatic rings. The van der Waals surface area contributed by atoms with Gasteiger partial charge in [-0.1, -0.05) is 6.07 Å². The minimum absolute atomic E-state index is 0.0361. The van der Waals surface area contributed by atoms with Crippen LogP contribution in [0.3, 0.4) is 0 Å². The number of hydrogen-bond acceptors (Lipinski definition) is 4. The van der Waals surface area contributed by atoms with Crippen molar-refractivity contribution < 1.29 is 9.50 Å². The van der Waals surface area contributed by atoms with Crippen LogP contribution in [0.15, 0.2) is 24.4 Å². The summed E-state index contributed by atoms with van der Waals surface area (Å²) < 4.78 is 13.7. The summed E-state index contributed by atoms with van der Waals surface area (Å²) in [7, 11) is 0. The van der Waals surface area contributed by atoms with Gasteiger partial charge >= 0.3 is 0 Å². The van der Waals surface area contributed by atoms with Gasteiger partial charge in [0, 0.05) is 0 Å². The molecule has 3 rings (SSSR count). The van der Waals surface area contributed by atoms with E-state index in [1.165, 1.54) is 0 Å². The second kappa shape index (κ2) is 4.51. The van der Waals surface area contributed by atoms with Crippen LogP contribution in [0.25, 0.3) is 11.4 Å². The first-order chi connectivity index (χ1) is 9.08. The molecule has 1 aliphatic rings. The highest BCUT2D eigenvalue weighted by atomic mass is 35.5. The van der Waals surface area contributed by atoms with Crippen molar-refractivity contribution >= 4 is 11.6 Å². The molecule has 0 atom stereocenters. The minimum atomic E-state index is -0.886. The summed E-state index contributed by atoms with van der Waals surface area (Å²) >= 11 is 5.67. The van der Waals surface area contributed by atoms with E-state index >= 15 is 0 Å². The van der Waals surface area contributed by atoms with Crippen molar-refractivity contribution in [3.63, 3.8) is 0 Å². The van der Waals surface area contributed by atoms with Crippen LogP contribution < -0.4 is 0 Å². The molecule has 1 N–H and O–H groups in total. The average Bonchev–Trinajstić information content (AvgIpc) is 2.39. The van der Waals surface area contributed by atoms with E-state index in [-0.39, 0.29) is 11.0 Å². The van der Waals surface area contributed by atoms with E-state index in [2.05, 4.69) is 15.0 Å². The molecule has 1 fully saturated rings. The highest BCUT2D eigenvalue weighted by Gasteiger charge is 2.37. The molecule has 0 aliphatic heterocycles. The van der Waals surface area contributed by atoms with E-state index < -0.39 is 11.4 Å². The first-order valence-electron chi connectivity index (χ1n) is 5.97. The third-order valence-corrected chi connectivity index (χ3v) is 3.55. The molecule has 0 amide bonds. The van der Waals surface area contributed by atoms with Gasteiger partial charge in [-0.25, -0.2) is 19.3 Å². The molecule has 19 heavy (non-hydrogen) atoms. The van der Waals surface area contributed by atoms with Crippen LogP contribution in [-0.2, 0) is 5.60 Å². The molecule has 98 valence electrons. The Bertz CT molecular complexity index is 631. The number of halogens is 2. The lowest BCUT2D eigenvalue weighted by Gasteiger charge is -2.36. The fraction of sp³-hybridized carbons (Fsp3) is 0.308. The first kappa shape index (κ1) is 12.4.